The van der Waals surface area contributed by atoms with Gasteiger partial charge in [-0.25, -0.2) is 4.79 Å². The molecule has 0 bridgehead atoms. The van der Waals surface area contributed by atoms with E-state index in [0.29, 0.717) is 0 Å². The van der Waals surface area contributed by atoms with Gasteiger partial charge in [-0.15, -0.1) is 9.24 Å². The smallest absolute Gasteiger partial charge is 0.412 e. The molecule has 190 valence electrons. The second-order valence-corrected chi connectivity index (χ2v) is 13.8. The SMILES string of the molecule is Cc1cc(Br)ccc1CN(C(=O)OC(C)(C)C)C(C)(O[B][B]OC(C)(C)C(C)(C)P)C(C)(C)O. The van der Waals surface area contributed by atoms with Gasteiger partial charge in [-0.3, -0.25) is 4.90 Å². The standard InChI is InChI=1S/C24H41B2BrNO5P/c1-16-14-18(27)13-12-17(16)15-28(19(29)31-20(2,3)4)24(11,21(5,6)30)33-26-25-32-22(7,8)23(9,10)34/h12-14,30H,15,34H2,1-11H3. The minimum absolute atomic E-state index is 0.174. The van der Waals surface area contributed by atoms with Gasteiger partial charge in [-0.1, -0.05) is 35.8 Å². The van der Waals surface area contributed by atoms with Gasteiger partial charge in [0, 0.05) is 9.63 Å². The second kappa shape index (κ2) is 11.2. The van der Waals surface area contributed by atoms with Crippen molar-refractivity contribution in [1.82, 2.24) is 4.90 Å². The van der Waals surface area contributed by atoms with E-state index in [1.807, 2.05) is 39.0 Å². The van der Waals surface area contributed by atoms with E-state index in [4.69, 9.17) is 14.0 Å². The number of aryl methyl sites for hydroxylation is 1. The molecule has 0 aliphatic rings. The van der Waals surface area contributed by atoms with Crippen LogP contribution in [0.25, 0.3) is 0 Å². The van der Waals surface area contributed by atoms with Gasteiger partial charge in [0.15, 0.2) is 5.72 Å². The van der Waals surface area contributed by atoms with Gasteiger partial charge >= 0.3 is 6.09 Å². The van der Waals surface area contributed by atoms with E-state index >= 15 is 0 Å². The minimum Gasteiger partial charge on any atom is -0.444 e. The summed E-state index contributed by atoms with van der Waals surface area (Å²) in [5.74, 6) is 0. The van der Waals surface area contributed by atoms with Gasteiger partial charge in [-0.2, -0.15) is 0 Å². The molecule has 0 spiro atoms. The topological polar surface area (TPSA) is 68.2 Å². The number of amides is 1. The normalized spacial score (nSPS) is 14.9. The Bertz CT molecular complexity index is 849. The Labute approximate surface area is 218 Å². The number of carbonyl (C=O) groups is 1. The molecule has 6 nitrogen and oxygen atoms in total. The number of rotatable bonds is 10. The van der Waals surface area contributed by atoms with Crippen molar-refractivity contribution in [3.63, 3.8) is 0 Å². The summed E-state index contributed by atoms with van der Waals surface area (Å²) in [4.78, 5) is 14.8. The van der Waals surface area contributed by atoms with Gasteiger partial charge in [0.05, 0.1) is 12.1 Å². The van der Waals surface area contributed by atoms with E-state index in [1.54, 1.807) is 41.5 Å². The highest BCUT2D eigenvalue weighted by atomic mass is 79.9. The maximum Gasteiger partial charge on any atom is 0.412 e. The van der Waals surface area contributed by atoms with Crippen molar-refractivity contribution in [3.05, 3.63) is 33.8 Å². The number of hydrogen-bond donors (Lipinski definition) is 1. The summed E-state index contributed by atoms with van der Waals surface area (Å²) < 4.78 is 18.7. The fraction of sp³-hybridized carbons (Fsp3) is 0.708. The number of ether oxygens (including phenoxy) is 1. The molecule has 1 rings (SSSR count). The third kappa shape index (κ3) is 8.51. The molecule has 2 atom stereocenters. The molecule has 2 radical (unpaired) electrons. The highest BCUT2D eigenvalue weighted by molar-refractivity contribution is 9.10. The number of benzene rings is 1. The molecule has 1 N–H and O–H groups in total. The molecule has 1 amide bonds. The van der Waals surface area contributed by atoms with Crippen molar-refractivity contribution in [2.24, 2.45) is 0 Å². The maximum absolute atomic E-state index is 13.4. The molecular weight excluding hydrogens is 515 g/mol. The monoisotopic (exact) mass is 555 g/mol. The van der Waals surface area contributed by atoms with Crippen molar-refractivity contribution < 1.29 is 23.9 Å². The van der Waals surface area contributed by atoms with Crippen molar-refractivity contribution >= 4 is 46.0 Å². The quantitative estimate of drug-likeness (QED) is 0.176. The van der Waals surface area contributed by atoms with Crippen LogP contribution in [-0.2, 0) is 20.6 Å². The molecule has 0 aliphatic carbocycles. The van der Waals surface area contributed by atoms with E-state index in [9.17, 15) is 9.90 Å². The zero-order valence-electron chi connectivity index (χ0n) is 22.6. The summed E-state index contributed by atoms with van der Waals surface area (Å²) >= 11 is 3.48. The predicted molar refractivity (Wildman–Crippen MR) is 147 cm³/mol. The number of carbonyl (C=O) groups excluding carboxylic acids is 1. The Morgan fingerprint density at radius 2 is 1.56 bits per heavy atom. The Kier molecular flexibility index (Phi) is 10.4. The molecule has 0 heterocycles. The lowest BCUT2D eigenvalue weighted by Gasteiger charge is -2.48. The second-order valence-electron chi connectivity index (χ2n) is 11.4. The van der Waals surface area contributed by atoms with Crippen molar-refractivity contribution in [2.45, 2.75) is 110 Å². The molecule has 0 aliphatic heterocycles. The molecule has 1 aromatic rings. The molecular formula is C24H41B2BrNO5P. The molecule has 1 aromatic carbocycles. The van der Waals surface area contributed by atoms with Crippen LogP contribution in [0.4, 0.5) is 4.79 Å². The van der Waals surface area contributed by atoms with E-state index < -0.39 is 28.6 Å². The molecule has 0 aromatic heterocycles. The first kappa shape index (κ1) is 31.4. The Hall–Kier alpha value is -0.590. The Balaban J connectivity index is 3.29. The van der Waals surface area contributed by atoms with Crippen LogP contribution < -0.4 is 0 Å². The molecule has 0 saturated carbocycles. The highest BCUT2D eigenvalue weighted by Gasteiger charge is 2.49. The summed E-state index contributed by atoms with van der Waals surface area (Å²) in [6, 6.07) is 5.83. The van der Waals surface area contributed by atoms with Gasteiger partial charge in [0.25, 0.3) is 14.7 Å². The van der Waals surface area contributed by atoms with E-state index in [0.717, 1.165) is 15.6 Å². The zero-order chi connectivity index (χ0) is 26.8. The third-order valence-corrected chi connectivity index (χ3v) is 7.35. The van der Waals surface area contributed by atoms with E-state index in [1.165, 1.54) is 19.6 Å². The lowest BCUT2D eigenvalue weighted by atomic mass is 9.62. The Morgan fingerprint density at radius 1 is 1.03 bits per heavy atom. The third-order valence-electron chi connectivity index (χ3n) is 6.16. The van der Waals surface area contributed by atoms with E-state index in [-0.39, 0.29) is 11.7 Å². The van der Waals surface area contributed by atoms with Gasteiger partial charge in [0.2, 0.25) is 0 Å². The van der Waals surface area contributed by atoms with Crippen LogP contribution in [-0.4, -0.2) is 58.5 Å². The zero-order valence-corrected chi connectivity index (χ0v) is 25.3. The molecule has 10 heteroatoms. The van der Waals surface area contributed by atoms with E-state index in [2.05, 4.69) is 39.0 Å². The average Bonchev–Trinajstić information content (AvgIpc) is 2.61. The van der Waals surface area contributed by atoms with Crippen LogP contribution in [0.15, 0.2) is 22.7 Å². The van der Waals surface area contributed by atoms with Crippen molar-refractivity contribution in [2.75, 3.05) is 0 Å². The fourth-order valence-electron chi connectivity index (χ4n) is 2.76. The predicted octanol–water partition coefficient (Wildman–Crippen LogP) is 5.60. The molecule has 2 unspecified atom stereocenters. The summed E-state index contributed by atoms with van der Waals surface area (Å²) in [6.45, 7) is 20.5. The molecule has 0 saturated heterocycles. The highest BCUT2D eigenvalue weighted by Crippen LogP contribution is 2.35. The largest absolute Gasteiger partial charge is 0.444 e. The lowest BCUT2D eigenvalue weighted by molar-refractivity contribution is -0.186. The van der Waals surface area contributed by atoms with Crippen LogP contribution in [0.5, 0.6) is 0 Å². The molecule has 0 fully saturated rings. The van der Waals surface area contributed by atoms with Crippen LogP contribution >= 0.6 is 25.2 Å². The van der Waals surface area contributed by atoms with Crippen LogP contribution in [0.2, 0.25) is 0 Å². The number of hydrogen-bond acceptors (Lipinski definition) is 5. The first-order valence-corrected chi connectivity index (χ1v) is 12.8. The average molecular weight is 556 g/mol. The number of nitrogens with zero attached hydrogens (tertiary/aromatic N) is 1. The Morgan fingerprint density at radius 3 is 2.00 bits per heavy atom. The number of halogens is 1. The lowest BCUT2D eigenvalue weighted by Crippen LogP contribution is -2.64. The maximum atomic E-state index is 13.4. The van der Waals surface area contributed by atoms with Gasteiger partial charge < -0.3 is 19.2 Å². The molecule has 34 heavy (non-hydrogen) atoms. The van der Waals surface area contributed by atoms with Gasteiger partial charge in [-0.05, 0) is 85.6 Å². The summed E-state index contributed by atoms with van der Waals surface area (Å²) in [6.07, 6.45) is -0.597. The first-order valence-electron chi connectivity index (χ1n) is 11.4. The number of aliphatic hydroxyl groups is 1. The van der Waals surface area contributed by atoms with Crippen molar-refractivity contribution in [3.8, 4) is 0 Å². The van der Waals surface area contributed by atoms with Crippen LogP contribution in [0.1, 0.15) is 80.4 Å². The van der Waals surface area contributed by atoms with Gasteiger partial charge in [0.1, 0.15) is 11.2 Å². The first-order chi connectivity index (χ1) is 15.1. The summed E-state index contributed by atoms with van der Waals surface area (Å²) in [7, 11) is 5.60. The fourth-order valence-corrected chi connectivity index (χ4v) is 3.31. The van der Waals surface area contributed by atoms with Crippen LogP contribution in [0.3, 0.4) is 0 Å². The van der Waals surface area contributed by atoms with Crippen molar-refractivity contribution in [1.29, 1.82) is 0 Å². The minimum atomic E-state index is -1.48. The van der Waals surface area contributed by atoms with Crippen LogP contribution in [0, 0.1) is 6.92 Å². The summed E-state index contributed by atoms with van der Waals surface area (Å²) in [5, 5.41) is 11.0. The summed E-state index contributed by atoms with van der Waals surface area (Å²) in [5.41, 5.74) is -2.26.